The molecule has 2 aromatic rings. The van der Waals surface area contributed by atoms with E-state index in [1.807, 2.05) is 18.2 Å². The molecule has 0 atom stereocenters. The Morgan fingerprint density at radius 1 is 1.17 bits per heavy atom. The van der Waals surface area contributed by atoms with Gasteiger partial charge in [0.25, 0.3) is 15.7 Å². The second-order valence-corrected chi connectivity index (χ2v) is 6.52. The molecule has 7 nitrogen and oxygen atoms in total. The Morgan fingerprint density at radius 3 is 2.43 bits per heavy atom. The van der Waals surface area contributed by atoms with Crippen molar-refractivity contribution in [3.63, 3.8) is 0 Å². The molecule has 0 bridgehead atoms. The van der Waals surface area contributed by atoms with E-state index in [-0.39, 0.29) is 10.6 Å². The van der Waals surface area contributed by atoms with E-state index < -0.39 is 14.9 Å². The molecule has 0 fully saturated rings. The summed E-state index contributed by atoms with van der Waals surface area (Å²) in [7, 11) is -3.98. The van der Waals surface area contributed by atoms with Crippen molar-refractivity contribution in [1.82, 2.24) is 4.83 Å². The molecular weight excluding hydrogens is 318 g/mol. The Bertz CT molecular complexity index is 862. The van der Waals surface area contributed by atoms with Gasteiger partial charge in [0.15, 0.2) is 0 Å². The number of hydrazone groups is 1. The normalized spacial score (nSPS) is 12.0. The first-order valence-electron chi connectivity index (χ1n) is 6.68. The van der Waals surface area contributed by atoms with Crippen LogP contribution in [0.5, 0.6) is 0 Å². The number of sulfonamides is 1. The number of hydrogen-bond acceptors (Lipinski definition) is 5. The van der Waals surface area contributed by atoms with Gasteiger partial charge in [-0.25, -0.2) is 0 Å². The third-order valence-electron chi connectivity index (χ3n) is 3.21. The molecule has 23 heavy (non-hydrogen) atoms. The second kappa shape index (κ2) is 6.57. The van der Waals surface area contributed by atoms with E-state index in [9.17, 15) is 18.5 Å². The number of nitro benzene ring substituents is 1. The Morgan fingerprint density at radius 2 is 1.83 bits per heavy atom. The molecule has 0 heterocycles. The van der Waals surface area contributed by atoms with E-state index in [1.165, 1.54) is 12.1 Å². The maximum Gasteiger partial charge on any atom is 0.276 e. The minimum Gasteiger partial charge on any atom is -0.258 e. The Balaban J connectivity index is 2.29. The molecule has 0 unspecified atom stereocenters. The molecule has 120 valence electrons. The number of nitro groups is 1. The van der Waals surface area contributed by atoms with Gasteiger partial charge >= 0.3 is 0 Å². The highest BCUT2D eigenvalue weighted by Crippen LogP contribution is 2.22. The lowest BCUT2D eigenvalue weighted by atomic mass is 10.1. The highest BCUT2D eigenvalue weighted by molar-refractivity contribution is 7.89. The molecule has 0 aromatic heterocycles. The predicted octanol–water partition coefficient (Wildman–Crippen LogP) is 2.61. The largest absolute Gasteiger partial charge is 0.276 e. The van der Waals surface area contributed by atoms with Crippen molar-refractivity contribution in [1.29, 1.82) is 0 Å². The molecule has 8 heteroatoms. The van der Waals surface area contributed by atoms with E-state index in [4.69, 9.17) is 0 Å². The summed E-state index contributed by atoms with van der Waals surface area (Å²) < 4.78 is 24.4. The summed E-state index contributed by atoms with van der Waals surface area (Å²) in [5.74, 6) is 0. The minimum absolute atomic E-state index is 0.209. The van der Waals surface area contributed by atoms with Gasteiger partial charge in [0.2, 0.25) is 0 Å². The molecule has 0 radical (unpaired) electrons. The van der Waals surface area contributed by atoms with Crippen molar-refractivity contribution in [3.05, 3.63) is 69.8 Å². The highest BCUT2D eigenvalue weighted by Gasteiger charge is 2.19. The van der Waals surface area contributed by atoms with Crippen LogP contribution in [0.4, 0.5) is 5.69 Å². The van der Waals surface area contributed by atoms with Crippen molar-refractivity contribution in [2.24, 2.45) is 5.10 Å². The topological polar surface area (TPSA) is 102 Å². The van der Waals surface area contributed by atoms with Crippen molar-refractivity contribution >= 4 is 21.4 Å². The Labute approximate surface area is 133 Å². The van der Waals surface area contributed by atoms with Crippen LogP contribution in [-0.2, 0) is 10.0 Å². The zero-order chi connectivity index (χ0) is 17.0. The number of nitrogens with one attached hydrogen (secondary N) is 1. The third-order valence-corrected chi connectivity index (χ3v) is 4.42. The summed E-state index contributed by atoms with van der Waals surface area (Å²) in [6.45, 7) is 3.20. The summed E-state index contributed by atoms with van der Waals surface area (Å²) in [5.41, 5.74) is 1.38. The van der Waals surface area contributed by atoms with Crippen LogP contribution in [0.1, 0.15) is 18.1 Å². The van der Waals surface area contributed by atoms with E-state index in [1.54, 1.807) is 26.0 Å². The van der Waals surface area contributed by atoms with E-state index in [0.717, 1.165) is 11.6 Å². The van der Waals surface area contributed by atoms with Crippen molar-refractivity contribution < 1.29 is 13.3 Å². The number of benzene rings is 2. The number of rotatable bonds is 5. The van der Waals surface area contributed by atoms with Crippen molar-refractivity contribution in [2.45, 2.75) is 18.7 Å². The SMILES string of the molecule is C/C(=N\NS(=O)(=O)c1ccc(C)c([N+](=O)[O-])c1)c1ccccc1. The van der Waals surface area contributed by atoms with Gasteiger partial charge in [-0.3, -0.25) is 10.1 Å². The summed E-state index contributed by atoms with van der Waals surface area (Å²) in [4.78, 5) is 12.2. The Hall–Kier alpha value is -2.74. The molecule has 0 aliphatic heterocycles. The number of hydrogen-bond donors (Lipinski definition) is 1. The van der Waals surface area contributed by atoms with Gasteiger partial charge in [0.05, 0.1) is 15.5 Å². The molecule has 0 aliphatic carbocycles. The fraction of sp³-hybridized carbons (Fsp3) is 0.133. The summed E-state index contributed by atoms with van der Waals surface area (Å²) in [5, 5.41) is 14.8. The van der Waals surface area contributed by atoms with E-state index in [2.05, 4.69) is 9.93 Å². The van der Waals surface area contributed by atoms with Gasteiger partial charge in [-0.1, -0.05) is 36.4 Å². The lowest BCUT2D eigenvalue weighted by Crippen LogP contribution is -2.20. The van der Waals surface area contributed by atoms with E-state index >= 15 is 0 Å². The average Bonchev–Trinajstić information content (AvgIpc) is 2.53. The summed E-state index contributed by atoms with van der Waals surface area (Å²) in [6.07, 6.45) is 0. The maximum absolute atomic E-state index is 12.2. The molecule has 0 spiro atoms. The zero-order valence-electron chi connectivity index (χ0n) is 12.6. The molecule has 0 aliphatic rings. The van der Waals surface area contributed by atoms with Crippen LogP contribution in [0.3, 0.4) is 0 Å². The fourth-order valence-corrected chi connectivity index (χ4v) is 2.75. The average molecular weight is 333 g/mol. The second-order valence-electron chi connectivity index (χ2n) is 4.86. The molecule has 0 saturated heterocycles. The maximum atomic E-state index is 12.2. The molecule has 0 amide bonds. The lowest BCUT2D eigenvalue weighted by molar-refractivity contribution is -0.385. The molecular formula is C15H15N3O4S. The van der Waals surface area contributed by atoms with Gasteiger partial charge < -0.3 is 0 Å². The molecule has 2 rings (SSSR count). The molecule has 1 N–H and O–H groups in total. The monoisotopic (exact) mass is 333 g/mol. The van der Waals surface area contributed by atoms with Crippen LogP contribution in [0, 0.1) is 17.0 Å². The molecule has 2 aromatic carbocycles. The van der Waals surface area contributed by atoms with Crippen LogP contribution >= 0.6 is 0 Å². The highest BCUT2D eigenvalue weighted by atomic mass is 32.2. The van der Waals surface area contributed by atoms with Crippen LogP contribution in [0.2, 0.25) is 0 Å². The zero-order valence-corrected chi connectivity index (χ0v) is 13.4. The number of aryl methyl sites for hydroxylation is 1. The summed E-state index contributed by atoms with van der Waals surface area (Å²) in [6, 6.07) is 12.8. The Kier molecular flexibility index (Phi) is 4.75. The molecule has 0 saturated carbocycles. The van der Waals surface area contributed by atoms with Crippen LogP contribution < -0.4 is 4.83 Å². The quantitative estimate of drug-likeness (QED) is 0.516. The van der Waals surface area contributed by atoms with Gasteiger partial charge in [0, 0.05) is 11.6 Å². The van der Waals surface area contributed by atoms with E-state index in [0.29, 0.717) is 11.3 Å². The fourth-order valence-electron chi connectivity index (χ4n) is 1.88. The van der Waals surface area contributed by atoms with Gasteiger partial charge in [0.1, 0.15) is 0 Å². The standard InChI is InChI=1S/C15H15N3O4S/c1-11-8-9-14(10-15(11)18(19)20)23(21,22)17-16-12(2)13-6-4-3-5-7-13/h3-10,17H,1-2H3/b16-12+. The van der Waals surface area contributed by atoms with Gasteiger partial charge in [-0.15, -0.1) is 0 Å². The third kappa shape index (κ3) is 3.92. The van der Waals surface area contributed by atoms with Crippen LogP contribution in [0.15, 0.2) is 58.5 Å². The first-order chi connectivity index (χ1) is 10.8. The van der Waals surface area contributed by atoms with Gasteiger partial charge in [-0.2, -0.15) is 18.4 Å². The van der Waals surface area contributed by atoms with Crippen LogP contribution in [-0.4, -0.2) is 19.1 Å². The minimum atomic E-state index is -3.98. The predicted molar refractivity (Wildman–Crippen MR) is 86.8 cm³/mol. The van der Waals surface area contributed by atoms with Gasteiger partial charge in [-0.05, 0) is 25.5 Å². The van der Waals surface area contributed by atoms with Crippen molar-refractivity contribution in [2.75, 3.05) is 0 Å². The van der Waals surface area contributed by atoms with Crippen LogP contribution in [0.25, 0.3) is 0 Å². The lowest BCUT2D eigenvalue weighted by Gasteiger charge is -2.06. The summed E-state index contributed by atoms with van der Waals surface area (Å²) >= 11 is 0. The first kappa shape index (κ1) is 16.6. The smallest absolute Gasteiger partial charge is 0.258 e. The number of nitrogens with zero attached hydrogens (tertiary/aromatic N) is 2. The van der Waals surface area contributed by atoms with Crippen molar-refractivity contribution in [3.8, 4) is 0 Å². The first-order valence-corrected chi connectivity index (χ1v) is 8.16.